The lowest BCUT2D eigenvalue weighted by atomic mass is 9.83. The Kier molecular flexibility index (Phi) is 4.62. The molecule has 0 spiro atoms. The van der Waals surface area contributed by atoms with Gasteiger partial charge in [-0.3, -0.25) is 0 Å². The van der Waals surface area contributed by atoms with E-state index in [-0.39, 0.29) is 6.04 Å². The standard InChI is InChI=1S/C11H20F3NO/c1-3-8-4-5-9(15)10(6-8)16-7(2)11(12,13)14/h7-10H,3-6,15H2,1-2H3. The fraction of sp³-hybridized carbons (Fsp3) is 1.00. The number of halogens is 3. The molecule has 0 saturated heterocycles. The fourth-order valence-electron chi connectivity index (χ4n) is 2.10. The summed E-state index contributed by atoms with van der Waals surface area (Å²) >= 11 is 0. The summed E-state index contributed by atoms with van der Waals surface area (Å²) in [5.74, 6) is 0.449. The van der Waals surface area contributed by atoms with Gasteiger partial charge in [0.2, 0.25) is 0 Å². The van der Waals surface area contributed by atoms with Crippen molar-refractivity contribution in [1.29, 1.82) is 0 Å². The van der Waals surface area contributed by atoms with Gasteiger partial charge >= 0.3 is 6.18 Å². The van der Waals surface area contributed by atoms with E-state index in [1.807, 2.05) is 6.92 Å². The number of ether oxygens (including phenoxy) is 1. The van der Waals surface area contributed by atoms with Crippen LogP contribution in [0, 0.1) is 5.92 Å². The minimum absolute atomic E-state index is 0.257. The Balaban J connectivity index is 2.51. The van der Waals surface area contributed by atoms with Gasteiger partial charge in [-0.15, -0.1) is 0 Å². The first-order chi connectivity index (χ1) is 7.34. The van der Waals surface area contributed by atoms with Crippen LogP contribution in [0.4, 0.5) is 13.2 Å². The number of alkyl halides is 3. The molecule has 1 aliphatic carbocycles. The van der Waals surface area contributed by atoms with Crippen LogP contribution >= 0.6 is 0 Å². The highest BCUT2D eigenvalue weighted by Gasteiger charge is 2.40. The summed E-state index contributed by atoms with van der Waals surface area (Å²) < 4.78 is 42.1. The Hall–Kier alpha value is -0.290. The van der Waals surface area contributed by atoms with Crippen LogP contribution in [-0.4, -0.2) is 24.4 Å². The monoisotopic (exact) mass is 239 g/mol. The molecule has 96 valence electrons. The topological polar surface area (TPSA) is 35.2 Å². The second-order valence-corrected chi connectivity index (χ2v) is 4.61. The van der Waals surface area contributed by atoms with Crippen molar-refractivity contribution in [2.24, 2.45) is 11.7 Å². The van der Waals surface area contributed by atoms with E-state index in [1.165, 1.54) is 0 Å². The maximum atomic E-state index is 12.3. The summed E-state index contributed by atoms with van der Waals surface area (Å²) in [5.41, 5.74) is 5.80. The smallest absolute Gasteiger partial charge is 0.364 e. The van der Waals surface area contributed by atoms with Crippen LogP contribution in [0.1, 0.15) is 39.5 Å². The highest BCUT2D eigenvalue weighted by molar-refractivity contribution is 4.84. The van der Waals surface area contributed by atoms with Gasteiger partial charge in [-0.25, -0.2) is 0 Å². The first kappa shape index (κ1) is 13.8. The van der Waals surface area contributed by atoms with E-state index in [0.717, 1.165) is 26.2 Å². The van der Waals surface area contributed by atoms with Crippen LogP contribution in [0.3, 0.4) is 0 Å². The van der Waals surface area contributed by atoms with Crippen molar-refractivity contribution < 1.29 is 17.9 Å². The molecule has 2 N–H and O–H groups in total. The van der Waals surface area contributed by atoms with Crippen molar-refractivity contribution in [2.45, 2.75) is 64.0 Å². The lowest BCUT2D eigenvalue weighted by Crippen LogP contribution is -2.45. The van der Waals surface area contributed by atoms with Gasteiger partial charge in [0.25, 0.3) is 0 Å². The maximum Gasteiger partial charge on any atom is 0.414 e. The largest absolute Gasteiger partial charge is 0.414 e. The van der Waals surface area contributed by atoms with Crippen LogP contribution < -0.4 is 5.73 Å². The summed E-state index contributed by atoms with van der Waals surface area (Å²) in [5, 5.41) is 0. The molecule has 1 rings (SSSR count). The molecule has 4 unspecified atom stereocenters. The lowest BCUT2D eigenvalue weighted by Gasteiger charge is -2.35. The van der Waals surface area contributed by atoms with Gasteiger partial charge in [0.05, 0.1) is 6.10 Å². The molecule has 0 heterocycles. The molecular formula is C11H20F3NO. The maximum absolute atomic E-state index is 12.3. The normalized spacial score (nSPS) is 33.8. The molecule has 1 saturated carbocycles. The first-order valence-corrected chi connectivity index (χ1v) is 5.82. The van der Waals surface area contributed by atoms with Crippen LogP contribution in [-0.2, 0) is 4.74 Å². The molecule has 0 aromatic rings. The van der Waals surface area contributed by atoms with Gasteiger partial charge < -0.3 is 10.5 Å². The van der Waals surface area contributed by atoms with E-state index in [9.17, 15) is 13.2 Å². The molecule has 4 atom stereocenters. The summed E-state index contributed by atoms with van der Waals surface area (Å²) in [7, 11) is 0. The molecule has 0 radical (unpaired) electrons. The Labute approximate surface area is 94.3 Å². The van der Waals surface area contributed by atoms with Crippen LogP contribution in [0.5, 0.6) is 0 Å². The fourth-order valence-corrected chi connectivity index (χ4v) is 2.10. The highest BCUT2D eigenvalue weighted by Crippen LogP contribution is 2.31. The SMILES string of the molecule is CCC1CCC(N)C(OC(C)C(F)(F)F)C1. The summed E-state index contributed by atoms with van der Waals surface area (Å²) in [4.78, 5) is 0. The number of nitrogens with two attached hydrogens (primary N) is 1. The molecule has 0 aromatic heterocycles. The van der Waals surface area contributed by atoms with Crippen molar-refractivity contribution in [1.82, 2.24) is 0 Å². The third-order valence-electron chi connectivity index (χ3n) is 3.37. The van der Waals surface area contributed by atoms with Crippen molar-refractivity contribution in [3.63, 3.8) is 0 Å². The Morgan fingerprint density at radius 2 is 2.00 bits per heavy atom. The zero-order valence-electron chi connectivity index (χ0n) is 9.76. The number of hydrogen-bond acceptors (Lipinski definition) is 2. The van der Waals surface area contributed by atoms with Gasteiger partial charge in [0.1, 0.15) is 0 Å². The van der Waals surface area contributed by atoms with Gasteiger partial charge in [0, 0.05) is 6.04 Å². The van der Waals surface area contributed by atoms with E-state index >= 15 is 0 Å². The minimum atomic E-state index is -4.29. The average Bonchev–Trinajstić information content (AvgIpc) is 2.19. The average molecular weight is 239 g/mol. The summed E-state index contributed by atoms with van der Waals surface area (Å²) in [6, 6.07) is -0.257. The van der Waals surface area contributed by atoms with E-state index in [0.29, 0.717) is 12.3 Å². The second-order valence-electron chi connectivity index (χ2n) is 4.61. The lowest BCUT2D eigenvalue weighted by molar-refractivity contribution is -0.232. The van der Waals surface area contributed by atoms with Crippen LogP contribution in [0.2, 0.25) is 0 Å². The van der Waals surface area contributed by atoms with Gasteiger partial charge in [0.15, 0.2) is 6.10 Å². The molecule has 1 aliphatic rings. The zero-order valence-corrected chi connectivity index (χ0v) is 9.76. The highest BCUT2D eigenvalue weighted by atomic mass is 19.4. The van der Waals surface area contributed by atoms with E-state index in [2.05, 4.69) is 0 Å². The van der Waals surface area contributed by atoms with Gasteiger partial charge in [-0.2, -0.15) is 13.2 Å². The van der Waals surface area contributed by atoms with E-state index in [1.54, 1.807) is 0 Å². The molecule has 0 bridgehead atoms. The summed E-state index contributed by atoms with van der Waals surface area (Å²) in [6.07, 6.45) is -3.08. The Bertz CT molecular complexity index is 220. The van der Waals surface area contributed by atoms with Crippen LogP contribution in [0.15, 0.2) is 0 Å². The van der Waals surface area contributed by atoms with Crippen molar-refractivity contribution in [2.75, 3.05) is 0 Å². The van der Waals surface area contributed by atoms with Gasteiger partial charge in [-0.1, -0.05) is 13.3 Å². The molecule has 0 aromatic carbocycles. The molecule has 1 fully saturated rings. The molecule has 0 amide bonds. The Morgan fingerprint density at radius 3 is 2.50 bits per heavy atom. The van der Waals surface area contributed by atoms with Crippen molar-refractivity contribution in [3.8, 4) is 0 Å². The minimum Gasteiger partial charge on any atom is -0.364 e. The predicted molar refractivity (Wildman–Crippen MR) is 56.0 cm³/mol. The zero-order chi connectivity index (χ0) is 12.3. The third kappa shape index (κ3) is 3.63. The van der Waals surface area contributed by atoms with Gasteiger partial charge in [-0.05, 0) is 32.1 Å². The number of rotatable bonds is 3. The first-order valence-electron chi connectivity index (χ1n) is 5.82. The molecule has 16 heavy (non-hydrogen) atoms. The molecular weight excluding hydrogens is 219 g/mol. The molecule has 2 nitrogen and oxygen atoms in total. The third-order valence-corrected chi connectivity index (χ3v) is 3.37. The van der Waals surface area contributed by atoms with Crippen molar-refractivity contribution in [3.05, 3.63) is 0 Å². The quantitative estimate of drug-likeness (QED) is 0.822. The van der Waals surface area contributed by atoms with Crippen molar-refractivity contribution >= 4 is 0 Å². The molecule has 0 aliphatic heterocycles. The summed E-state index contributed by atoms with van der Waals surface area (Å²) in [6.45, 7) is 3.09. The van der Waals surface area contributed by atoms with Crippen LogP contribution in [0.25, 0.3) is 0 Å². The second kappa shape index (κ2) is 5.36. The van der Waals surface area contributed by atoms with E-state index < -0.39 is 18.4 Å². The van der Waals surface area contributed by atoms with E-state index in [4.69, 9.17) is 10.5 Å². The predicted octanol–water partition coefficient (Wildman–Crippen LogP) is 2.86. The Morgan fingerprint density at radius 1 is 1.38 bits per heavy atom. The number of hydrogen-bond donors (Lipinski definition) is 1. The molecule has 5 heteroatoms.